The zero-order valence-electron chi connectivity index (χ0n) is 14.0. The minimum absolute atomic E-state index is 0.586. The van der Waals surface area contributed by atoms with E-state index in [1.807, 2.05) is 23.1 Å². The fourth-order valence-corrected chi connectivity index (χ4v) is 3.23. The summed E-state index contributed by atoms with van der Waals surface area (Å²) in [5, 5.41) is 8.57. The van der Waals surface area contributed by atoms with Crippen molar-refractivity contribution in [1.29, 1.82) is 0 Å². The molecular formula is C18H18F3N5. The molecule has 0 unspecified atom stereocenters. The molecule has 1 aliphatic rings. The number of nitrogens with one attached hydrogen (secondary N) is 1. The summed E-state index contributed by atoms with van der Waals surface area (Å²) in [4.78, 5) is 8.29. The van der Waals surface area contributed by atoms with Crippen LogP contribution in [0.5, 0.6) is 0 Å². The van der Waals surface area contributed by atoms with E-state index in [-0.39, 0.29) is 0 Å². The summed E-state index contributed by atoms with van der Waals surface area (Å²) in [5.41, 5.74) is 1.32. The van der Waals surface area contributed by atoms with Crippen molar-refractivity contribution in [2.75, 3.05) is 31.1 Å². The number of nitrogens with zero attached hydrogens (tertiary/aromatic N) is 4. The Bertz CT molecular complexity index is 880. The summed E-state index contributed by atoms with van der Waals surface area (Å²) in [6.45, 7) is 3.81. The molecule has 1 aliphatic heterocycles. The van der Waals surface area contributed by atoms with Gasteiger partial charge in [0.1, 0.15) is 5.82 Å². The number of aromatic amines is 1. The van der Waals surface area contributed by atoms with Gasteiger partial charge < -0.3 is 4.90 Å². The second kappa shape index (κ2) is 6.60. The first-order chi connectivity index (χ1) is 12.5. The number of hydrogen-bond acceptors (Lipinski definition) is 4. The molecule has 0 spiro atoms. The zero-order valence-corrected chi connectivity index (χ0v) is 14.0. The van der Waals surface area contributed by atoms with E-state index in [2.05, 4.69) is 26.1 Å². The SMILES string of the molecule is FC(F)(F)c1ccc(N2CCN(Cc3n[nH]c4ccccc34)CC2)nc1. The van der Waals surface area contributed by atoms with Gasteiger partial charge in [0.05, 0.1) is 16.8 Å². The molecular weight excluding hydrogens is 343 g/mol. The van der Waals surface area contributed by atoms with Crippen molar-refractivity contribution < 1.29 is 13.2 Å². The van der Waals surface area contributed by atoms with Gasteiger partial charge in [0.2, 0.25) is 0 Å². The molecule has 2 aromatic heterocycles. The highest BCUT2D eigenvalue weighted by molar-refractivity contribution is 5.81. The highest BCUT2D eigenvalue weighted by atomic mass is 19.4. The normalized spacial score (nSPS) is 16.3. The Kier molecular flexibility index (Phi) is 4.28. The van der Waals surface area contributed by atoms with Crippen LogP contribution in [0, 0.1) is 0 Å². The molecule has 3 heterocycles. The topological polar surface area (TPSA) is 48.0 Å². The lowest BCUT2D eigenvalue weighted by Crippen LogP contribution is -2.46. The third kappa shape index (κ3) is 3.37. The lowest BCUT2D eigenvalue weighted by atomic mass is 10.2. The van der Waals surface area contributed by atoms with Gasteiger partial charge in [0, 0.05) is 44.3 Å². The predicted molar refractivity (Wildman–Crippen MR) is 92.8 cm³/mol. The Morgan fingerprint density at radius 2 is 1.77 bits per heavy atom. The monoisotopic (exact) mass is 361 g/mol. The van der Waals surface area contributed by atoms with Crippen LogP contribution >= 0.6 is 0 Å². The molecule has 3 aromatic rings. The van der Waals surface area contributed by atoms with Gasteiger partial charge >= 0.3 is 6.18 Å². The molecule has 1 saturated heterocycles. The van der Waals surface area contributed by atoms with Crippen LogP contribution in [0.15, 0.2) is 42.6 Å². The van der Waals surface area contributed by atoms with Crippen molar-refractivity contribution in [3.8, 4) is 0 Å². The molecule has 4 rings (SSSR count). The van der Waals surface area contributed by atoms with Crippen molar-refractivity contribution in [3.63, 3.8) is 0 Å². The lowest BCUT2D eigenvalue weighted by molar-refractivity contribution is -0.137. The predicted octanol–water partition coefficient (Wildman–Crippen LogP) is 3.30. The number of H-pyrrole nitrogens is 1. The van der Waals surface area contributed by atoms with Crippen molar-refractivity contribution in [2.45, 2.75) is 12.7 Å². The summed E-state index contributed by atoms with van der Waals surface area (Å²) in [7, 11) is 0. The molecule has 136 valence electrons. The van der Waals surface area contributed by atoms with Crippen LogP contribution in [0.2, 0.25) is 0 Å². The molecule has 1 aromatic carbocycles. The fraction of sp³-hybridized carbons (Fsp3) is 0.333. The highest BCUT2D eigenvalue weighted by Crippen LogP contribution is 2.29. The first-order valence-electron chi connectivity index (χ1n) is 8.43. The maximum atomic E-state index is 12.6. The van der Waals surface area contributed by atoms with Gasteiger partial charge in [-0.25, -0.2) is 4.98 Å². The summed E-state index contributed by atoms with van der Waals surface area (Å²) >= 11 is 0. The van der Waals surface area contributed by atoms with E-state index < -0.39 is 11.7 Å². The van der Waals surface area contributed by atoms with Crippen LogP contribution in [0.4, 0.5) is 19.0 Å². The van der Waals surface area contributed by atoms with Crippen LogP contribution in [0.25, 0.3) is 10.9 Å². The molecule has 5 nitrogen and oxygen atoms in total. The molecule has 0 amide bonds. The summed E-state index contributed by atoms with van der Waals surface area (Å²) in [5.74, 6) is 0.586. The van der Waals surface area contributed by atoms with E-state index in [1.54, 1.807) is 0 Å². The number of fused-ring (bicyclic) bond motifs is 1. The third-order valence-electron chi connectivity index (χ3n) is 4.69. The summed E-state index contributed by atoms with van der Waals surface area (Å²) < 4.78 is 37.9. The number of rotatable bonds is 3. The first kappa shape index (κ1) is 16.8. The van der Waals surface area contributed by atoms with Crippen LogP contribution in [-0.4, -0.2) is 46.3 Å². The lowest BCUT2D eigenvalue weighted by Gasteiger charge is -2.35. The number of benzene rings is 1. The van der Waals surface area contributed by atoms with Gasteiger partial charge in [-0.3, -0.25) is 10.00 Å². The Morgan fingerprint density at radius 3 is 2.46 bits per heavy atom. The van der Waals surface area contributed by atoms with Crippen molar-refractivity contribution in [2.24, 2.45) is 0 Å². The largest absolute Gasteiger partial charge is 0.417 e. The number of hydrogen-bond donors (Lipinski definition) is 1. The first-order valence-corrected chi connectivity index (χ1v) is 8.43. The number of anilines is 1. The van der Waals surface area contributed by atoms with E-state index in [9.17, 15) is 13.2 Å². The molecule has 1 N–H and O–H groups in total. The van der Waals surface area contributed by atoms with Crippen molar-refractivity contribution in [3.05, 3.63) is 53.9 Å². The van der Waals surface area contributed by atoms with Crippen LogP contribution < -0.4 is 4.90 Å². The molecule has 0 bridgehead atoms. The van der Waals surface area contributed by atoms with Crippen LogP contribution in [0.1, 0.15) is 11.3 Å². The Hall–Kier alpha value is -2.61. The van der Waals surface area contributed by atoms with Crippen LogP contribution in [0.3, 0.4) is 0 Å². The number of pyridine rings is 1. The van der Waals surface area contributed by atoms with E-state index in [0.29, 0.717) is 5.82 Å². The summed E-state index contributed by atoms with van der Waals surface area (Å²) in [6, 6.07) is 10.6. The maximum absolute atomic E-state index is 12.6. The van der Waals surface area contributed by atoms with Gasteiger partial charge in [0.25, 0.3) is 0 Å². The quantitative estimate of drug-likeness (QED) is 0.778. The molecule has 0 atom stereocenters. The van der Waals surface area contributed by atoms with Gasteiger partial charge in [0.15, 0.2) is 0 Å². The van der Waals surface area contributed by atoms with Gasteiger partial charge in [-0.05, 0) is 18.2 Å². The zero-order chi connectivity index (χ0) is 18.1. The van der Waals surface area contributed by atoms with Crippen molar-refractivity contribution >= 4 is 16.7 Å². The second-order valence-electron chi connectivity index (χ2n) is 6.38. The molecule has 0 aliphatic carbocycles. The van der Waals surface area contributed by atoms with E-state index in [4.69, 9.17) is 0 Å². The number of halogens is 3. The average Bonchev–Trinajstić information content (AvgIpc) is 3.05. The number of alkyl halides is 3. The number of piperazine rings is 1. The summed E-state index contributed by atoms with van der Waals surface area (Å²) in [6.07, 6.45) is -3.45. The number of aromatic nitrogens is 3. The Morgan fingerprint density at radius 1 is 1.00 bits per heavy atom. The second-order valence-corrected chi connectivity index (χ2v) is 6.38. The minimum Gasteiger partial charge on any atom is -0.354 e. The highest BCUT2D eigenvalue weighted by Gasteiger charge is 2.31. The third-order valence-corrected chi connectivity index (χ3v) is 4.69. The average molecular weight is 361 g/mol. The standard InChI is InChI=1S/C18H18F3N5/c19-18(20,21)13-5-6-17(22-11-13)26-9-7-25(8-10-26)12-16-14-3-1-2-4-15(14)23-24-16/h1-6,11H,7-10,12H2,(H,23,24). The smallest absolute Gasteiger partial charge is 0.354 e. The maximum Gasteiger partial charge on any atom is 0.417 e. The van der Waals surface area contributed by atoms with Gasteiger partial charge in [-0.1, -0.05) is 18.2 Å². The molecule has 0 saturated carbocycles. The molecule has 0 radical (unpaired) electrons. The van der Waals surface area contributed by atoms with E-state index in [1.165, 1.54) is 6.07 Å². The fourth-order valence-electron chi connectivity index (χ4n) is 3.23. The van der Waals surface area contributed by atoms with Gasteiger partial charge in [-0.2, -0.15) is 18.3 Å². The Balaban J connectivity index is 1.38. The molecule has 8 heteroatoms. The van der Waals surface area contributed by atoms with Crippen LogP contribution in [-0.2, 0) is 12.7 Å². The molecule has 26 heavy (non-hydrogen) atoms. The van der Waals surface area contributed by atoms with E-state index in [0.717, 1.165) is 61.6 Å². The van der Waals surface area contributed by atoms with E-state index >= 15 is 0 Å². The number of para-hydroxylation sites is 1. The van der Waals surface area contributed by atoms with Gasteiger partial charge in [-0.15, -0.1) is 0 Å². The minimum atomic E-state index is -4.35. The molecule has 1 fully saturated rings. The van der Waals surface area contributed by atoms with Crippen molar-refractivity contribution in [1.82, 2.24) is 20.1 Å². The Labute approximate surface area is 148 Å².